The van der Waals surface area contributed by atoms with Gasteiger partial charge in [-0.05, 0) is 55.3 Å². The summed E-state index contributed by atoms with van der Waals surface area (Å²) in [4.78, 5) is 26.0. The average molecular weight is 337 g/mol. The molecule has 2 amide bonds. The monoisotopic (exact) mass is 337 g/mol. The van der Waals surface area contributed by atoms with Gasteiger partial charge in [0.25, 0.3) is 5.91 Å². The maximum Gasteiger partial charge on any atom is 0.251 e. The standard InChI is InChI=1S/C20H23N3O2/c1-21-20(25)15-7-10-16(11-8-15)22-19(24)13-23(2)18-12-9-14-5-3-4-6-17(14)18/h3-8,10-11,18H,9,12-13H2,1-2H3,(H,21,25)(H,22,24). The summed E-state index contributed by atoms with van der Waals surface area (Å²) in [5.41, 5.74) is 3.97. The number of fused-ring (bicyclic) bond motifs is 1. The molecular weight excluding hydrogens is 314 g/mol. The van der Waals surface area contributed by atoms with Crippen molar-refractivity contribution < 1.29 is 9.59 Å². The Morgan fingerprint density at radius 1 is 1.12 bits per heavy atom. The van der Waals surface area contributed by atoms with Crippen LogP contribution < -0.4 is 10.6 Å². The number of benzene rings is 2. The minimum absolute atomic E-state index is 0.0559. The number of amides is 2. The van der Waals surface area contributed by atoms with Crippen molar-refractivity contribution in [1.82, 2.24) is 10.2 Å². The number of rotatable bonds is 5. The molecule has 0 spiro atoms. The Kier molecular flexibility index (Phi) is 5.14. The van der Waals surface area contributed by atoms with Gasteiger partial charge in [0.1, 0.15) is 0 Å². The highest BCUT2D eigenvalue weighted by molar-refractivity contribution is 5.96. The number of hydrogen-bond donors (Lipinski definition) is 2. The molecule has 5 nitrogen and oxygen atoms in total. The van der Waals surface area contributed by atoms with Crippen LogP contribution in [0, 0.1) is 0 Å². The van der Waals surface area contributed by atoms with Crippen LogP contribution in [0.25, 0.3) is 0 Å². The molecule has 130 valence electrons. The smallest absolute Gasteiger partial charge is 0.251 e. The molecule has 0 heterocycles. The van der Waals surface area contributed by atoms with Crippen LogP contribution in [0.5, 0.6) is 0 Å². The highest BCUT2D eigenvalue weighted by Gasteiger charge is 2.26. The number of likely N-dealkylation sites (N-methyl/N-ethyl adjacent to an activating group) is 1. The molecule has 0 fully saturated rings. The van der Waals surface area contributed by atoms with E-state index < -0.39 is 0 Å². The van der Waals surface area contributed by atoms with Crippen LogP contribution in [-0.2, 0) is 11.2 Å². The van der Waals surface area contributed by atoms with Gasteiger partial charge in [-0.2, -0.15) is 0 Å². The van der Waals surface area contributed by atoms with Gasteiger partial charge >= 0.3 is 0 Å². The zero-order valence-electron chi connectivity index (χ0n) is 14.6. The fourth-order valence-electron chi connectivity index (χ4n) is 3.38. The van der Waals surface area contributed by atoms with Crippen molar-refractivity contribution in [3.63, 3.8) is 0 Å². The summed E-state index contributed by atoms with van der Waals surface area (Å²) in [6.45, 7) is 0.330. The van der Waals surface area contributed by atoms with Gasteiger partial charge in [-0.15, -0.1) is 0 Å². The van der Waals surface area contributed by atoms with Crippen LogP contribution in [-0.4, -0.2) is 37.4 Å². The van der Waals surface area contributed by atoms with Crippen LogP contribution in [0.1, 0.15) is 33.9 Å². The lowest BCUT2D eigenvalue weighted by atomic mass is 10.1. The summed E-state index contributed by atoms with van der Waals surface area (Å²) >= 11 is 0. The van der Waals surface area contributed by atoms with Crippen molar-refractivity contribution in [2.75, 3.05) is 26.0 Å². The van der Waals surface area contributed by atoms with Crippen LogP contribution in [0.15, 0.2) is 48.5 Å². The van der Waals surface area contributed by atoms with Gasteiger partial charge in [0.2, 0.25) is 5.91 Å². The van der Waals surface area contributed by atoms with Crippen molar-refractivity contribution in [3.05, 3.63) is 65.2 Å². The molecule has 1 atom stereocenters. The summed E-state index contributed by atoms with van der Waals surface area (Å²) in [6, 6.07) is 15.6. The van der Waals surface area contributed by atoms with Crippen LogP contribution in [0.3, 0.4) is 0 Å². The zero-order valence-corrected chi connectivity index (χ0v) is 14.6. The van der Waals surface area contributed by atoms with E-state index in [1.54, 1.807) is 31.3 Å². The van der Waals surface area contributed by atoms with Gasteiger partial charge in [0.05, 0.1) is 6.54 Å². The summed E-state index contributed by atoms with van der Waals surface area (Å²) in [7, 11) is 3.58. The molecule has 3 rings (SSSR count). The molecule has 0 aromatic heterocycles. The number of nitrogens with one attached hydrogen (secondary N) is 2. The lowest BCUT2D eigenvalue weighted by Crippen LogP contribution is -2.32. The van der Waals surface area contributed by atoms with Gasteiger partial charge in [-0.3, -0.25) is 14.5 Å². The predicted molar refractivity (Wildman–Crippen MR) is 98.6 cm³/mol. The van der Waals surface area contributed by atoms with Gasteiger partial charge < -0.3 is 10.6 Å². The molecule has 2 N–H and O–H groups in total. The summed E-state index contributed by atoms with van der Waals surface area (Å²) in [5, 5.41) is 5.47. The van der Waals surface area contributed by atoms with Crippen molar-refractivity contribution in [2.45, 2.75) is 18.9 Å². The molecule has 2 aromatic carbocycles. The van der Waals surface area contributed by atoms with Gasteiger partial charge in [-0.1, -0.05) is 24.3 Å². The molecule has 1 unspecified atom stereocenters. The number of carbonyl (C=O) groups is 2. The van der Waals surface area contributed by atoms with Crippen molar-refractivity contribution in [1.29, 1.82) is 0 Å². The Morgan fingerprint density at radius 3 is 2.56 bits per heavy atom. The average Bonchev–Trinajstić information content (AvgIpc) is 3.06. The van der Waals surface area contributed by atoms with Crippen molar-refractivity contribution in [2.24, 2.45) is 0 Å². The van der Waals surface area contributed by atoms with Crippen LogP contribution in [0.4, 0.5) is 5.69 Å². The predicted octanol–water partition coefficient (Wildman–Crippen LogP) is 2.60. The van der Waals surface area contributed by atoms with E-state index in [9.17, 15) is 9.59 Å². The fourth-order valence-corrected chi connectivity index (χ4v) is 3.38. The molecule has 0 radical (unpaired) electrons. The van der Waals surface area contributed by atoms with Crippen LogP contribution in [0.2, 0.25) is 0 Å². The molecule has 0 saturated carbocycles. The fraction of sp³-hybridized carbons (Fsp3) is 0.300. The summed E-state index contributed by atoms with van der Waals surface area (Å²) in [5.74, 6) is -0.197. The summed E-state index contributed by atoms with van der Waals surface area (Å²) in [6.07, 6.45) is 2.11. The third kappa shape index (κ3) is 3.88. The van der Waals surface area contributed by atoms with E-state index in [0.29, 0.717) is 17.8 Å². The number of nitrogens with zero attached hydrogens (tertiary/aromatic N) is 1. The van der Waals surface area contributed by atoms with E-state index in [4.69, 9.17) is 0 Å². The highest BCUT2D eigenvalue weighted by atomic mass is 16.2. The molecule has 1 aliphatic rings. The maximum absolute atomic E-state index is 12.3. The Hall–Kier alpha value is -2.66. The molecule has 0 bridgehead atoms. The minimum Gasteiger partial charge on any atom is -0.355 e. The second kappa shape index (κ2) is 7.49. The number of hydrogen-bond acceptors (Lipinski definition) is 3. The Bertz CT molecular complexity index is 771. The lowest BCUT2D eigenvalue weighted by molar-refractivity contribution is -0.117. The van der Waals surface area contributed by atoms with Gasteiger partial charge in [-0.25, -0.2) is 0 Å². The second-order valence-corrected chi connectivity index (χ2v) is 6.37. The first-order chi connectivity index (χ1) is 12.1. The van der Waals surface area contributed by atoms with Crippen LogP contribution >= 0.6 is 0 Å². The highest BCUT2D eigenvalue weighted by Crippen LogP contribution is 2.34. The van der Waals surface area contributed by atoms with Gasteiger partial charge in [0, 0.05) is 24.3 Å². The minimum atomic E-state index is -0.141. The third-order valence-corrected chi connectivity index (χ3v) is 4.68. The Labute approximate surface area is 148 Å². The maximum atomic E-state index is 12.3. The molecule has 25 heavy (non-hydrogen) atoms. The Balaban J connectivity index is 1.58. The summed E-state index contributed by atoms with van der Waals surface area (Å²) < 4.78 is 0. The van der Waals surface area contributed by atoms with E-state index in [0.717, 1.165) is 12.8 Å². The molecule has 2 aromatic rings. The van der Waals surface area contributed by atoms with E-state index >= 15 is 0 Å². The number of carbonyl (C=O) groups excluding carboxylic acids is 2. The number of aryl methyl sites for hydroxylation is 1. The molecule has 5 heteroatoms. The first-order valence-electron chi connectivity index (χ1n) is 8.48. The first-order valence-corrected chi connectivity index (χ1v) is 8.48. The zero-order chi connectivity index (χ0) is 17.8. The van der Waals surface area contributed by atoms with Crippen molar-refractivity contribution in [3.8, 4) is 0 Å². The SMILES string of the molecule is CNC(=O)c1ccc(NC(=O)CN(C)C2CCc3ccccc32)cc1. The quantitative estimate of drug-likeness (QED) is 0.882. The molecule has 0 saturated heterocycles. The molecule has 0 aliphatic heterocycles. The van der Waals surface area contributed by atoms with Gasteiger partial charge in [0.15, 0.2) is 0 Å². The normalized spacial score (nSPS) is 15.7. The van der Waals surface area contributed by atoms with Crippen molar-refractivity contribution >= 4 is 17.5 Å². The largest absolute Gasteiger partial charge is 0.355 e. The second-order valence-electron chi connectivity index (χ2n) is 6.37. The van der Waals surface area contributed by atoms with E-state index in [1.165, 1.54) is 11.1 Å². The van der Waals surface area contributed by atoms with E-state index in [-0.39, 0.29) is 17.9 Å². The topological polar surface area (TPSA) is 61.4 Å². The van der Waals surface area contributed by atoms with E-state index in [2.05, 4.69) is 39.8 Å². The molecule has 1 aliphatic carbocycles. The Morgan fingerprint density at radius 2 is 1.84 bits per heavy atom. The first kappa shape index (κ1) is 17.2. The molecular formula is C20H23N3O2. The third-order valence-electron chi connectivity index (χ3n) is 4.68. The lowest BCUT2D eigenvalue weighted by Gasteiger charge is -2.24. The number of anilines is 1. The van der Waals surface area contributed by atoms with E-state index in [1.807, 2.05) is 7.05 Å².